The lowest BCUT2D eigenvalue weighted by atomic mass is 10.1. The number of nitrogen functional groups attached to an aromatic ring is 1. The second-order valence-electron chi connectivity index (χ2n) is 4.31. The molecule has 0 aromatic heterocycles. The van der Waals surface area contributed by atoms with Crippen LogP contribution in [-0.2, 0) is 0 Å². The van der Waals surface area contributed by atoms with E-state index < -0.39 is 5.97 Å². The molecular weight excluding hydrogens is 250 g/mol. The SMILES string of the molecule is Nc1ccc(C=CC=Cc2ccc(C(=O)O)cc2)cc1. The van der Waals surface area contributed by atoms with Crippen LogP contribution < -0.4 is 5.73 Å². The summed E-state index contributed by atoms with van der Waals surface area (Å²) in [4.78, 5) is 10.7. The molecule has 3 heteroatoms. The van der Waals surface area contributed by atoms with Gasteiger partial charge in [0.1, 0.15) is 0 Å². The Kier molecular flexibility index (Phi) is 4.35. The maximum Gasteiger partial charge on any atom is 0.335 e. The number of hydrogen-bond acceptors (Lipinski definition) is 2. The standard InChI is InChI=1S/C17H15NO2/c18-16-11-7-14(8-12-16)4-2-1-3-13-5-9-15(10-6-13)17(19)20/h1-12H,18H2,(H,19,20). The van der Waals surface area contributed by atoms with Crippen molar-refractivity contribution in [2.45, 2.75) is 0 Å². The van der Waals surface area contributed by atoms with E-state index in [0.717, 1.165) is 16.8 Å². The number of nitrogens with two attached hydrogens (primary N) is 1. The molecule has 100 valence electrons. The average Bonchev–Trinajstić information content (AvgIpc) is 2.46. The molecule has 2 rings (SSSR count). The molecule has 0 amide bonds. The molecule has 0 heterocycles. The van der Waals surface area contributed by atoms with Crippen molar-refractivity contribution in [1.29, 1.82) is 0 Å². The fraction of sp³-hybridized carbons (Fsp3) is 0. The van der Waals surface area contributed by atoms with Crippen molar-refractivity contribution in [1.82, 2.24) is 0 Å². The second-order valence-corrected chi connectivity index (χ2v) is 4.31. The first-order valence-corrected chi connectivity index (χ1v) is 6.19. The van der Waals surface area contributed by atoms with Crippen molar-refractivity contribution in [2.75, 3.05) is 5.73 Å². The largest absolute Gasteiger partial charge is 0.478 e. The van der Waals surface area contributed by atoms with E-state index in [4.69, 9.17) is 10.8 Å². The Labute approximate surface area is 117 Å². The third kappa shape index (κ3) is 3.85. The number of carboxylic acids is 1. The molecule has 0 aliphatic rings. The predicted octanol–water partition coefficient (Wildman–Crippen LogP) is 3.69. The Hall–Kier alpha value is -2.81. The zero-order chi connectivity index (χ0) is 14.4. The van der Waals surface area contributed by atoms with Gasteiger partial charge in [0.05, 0.1) is 5.56 Å². The number of rotatable bonds is 4. The molecule has 2 aromatic rings. The van der Waals surface area contributed by atoms with Gasteiger partial charge in [0, 0.05) is 5.69 Å². The van der Waals surface area contributed by atoms with Crippen molar-refractivity contribution in [3.63, 3.8) is 0 Å². The van der Waals surface area contributed by atoms with Crippen LogP contribution in [0.15, 0.2) is 60.7 Å². The molecule has 2 aromatic carbocycles. The van der Waals surface area contributed by atoms with Gasteiger partial charge >= 0.3 is 5.97 Å². The minimum Gasteiger partial charge on any atom is -0.478 e. The Morgan fingerprint density at radius 2 is 1.30 bits per heavy atom. The van der Waals surface area contributed by atoms with Crippen LogP contribution in [0, 0.1) is 0 Å². The van der Waals surface area contributed by atoms with Gasteiger partial charge in [0.25, 0.3) is 0 Å². The third-order valence-electron chi connectivity index (χ3n) is 2.78. The first-order chi connectivity index (χ1) is 9.65. The lowest BCUT2D eigenvalue weighted by Crippen LogP contribution is -1.94. The topological polar surface area (TPSA) is 63.3 Å². The normalized spacial score (nSPS) is 11.2. The van der Waals surface area contributed by atoms with Gasteiger partial charge < -0.3 is 10.8 Å². The molecule has 0 aliphatic carbocycles. The summed E-state index contributed by atoms with van der Waals surface area (Å²) in [7, 11) is 0. The highest BCUT2D eigenvalue weighted by Crippen LogP contribution is 2.09. The molecular formula is C17H15NO2. The van der Waals surface area contributed by atoms with E-state index in [-0.39, 0.29) is 0 Å². The summed E-state index contributed by atoms with van der Waals surface area (Å²) in [5.74, 6) is -0.913. The second kappa shape index (κ2) is 6.38. The van der Waals surface area contributed by atoms with Crippen molar-refractivity contribution < 1.29 is 9.90 Å². The first kappa shape index (κ1) is 13.6. The molecule has 0 bridgehead atoms. The number of allylic oxidation sites excluding steroid dienone is 2. The van der Waals surface area contributed by atoms with E-state index in [9.17, 15) is 4.79 Å². The van der Waals surface area contributed by atoms with Crippen molar-refractivity contribution in [3.05, 3.63) is 77.4 Å². The average molecular weight is 265 g/mol. The molecule has 0 fully saturated rings. The maximum atomic E-state index is 10.7. The van der Waals surface area contributed by atoms with Gasteiger partial charge in [-0.1, -0.05) is 48.6 Å². The smallest absolute Gasteiger partial charge is 0.335 e. The summed E-state index contributed by atoms with van der Waals surface area (Å²) in [5, 5.41) is 8.80. The van der Waals surface area contributed by atoms with Gasteiger partial charge in [0.2, 0.25) is 0 Å². The van der Waals surface area contributed by atoms with E-state index in [0.29, 0.717) is 5.56 Å². The van der Waals surface area contributed by atoms with Gasteiger partial charge in [-0.25, -0.2) is 4.79 Å². The van der Waals surface area contributed by atoms with E-state index >= 15 is 0 Å². The molecule has 0 radical (unpaired) electrons. The Morgan fingerprint density at radius 3 is 1.75 bits per heavy atom. The highest BCUT2D eigenvalue weighted by Gasteiger charge is 1.99. The van der Waals surface area contributed by atoms with Crippen LogP contribution >= 0.6 is 0 Å². The molecule has 3 N–H and O–H groups in total. The van der Waals surface area contributed by atoms with E-state index in [1.54, 1.807) is 24.3 Å². The number of anilines is 1. The third-order valence-corrected chi connectivity index (χ3v) is 2.78. The Bertz CT molecular complexity index is 638. The minimum absolute atomic E-state index is 0.291. The number of aromatic carboxylic acids is 1. The lowest BCUT2D eigenvalue weighted by molar-refractivity contribution is 0.0697. The summed E-state index contributed by atoms with van der Waals surface area (Å²) in [6.45, 7) is 0. The van der Waals surface area contributed by atoms with Crippen LogP contribution in [-0.4, -0.2) is 11.1 Å². The molecule has 3 nitrogen and oxygen atoms in total. The lowest BCUT2D eigenvalue weighted by Gasteiger charge is -1.95. The highest BCUT2D eigenvalue weighted by molar-refractivity contribution is 5.87. The summed E-state index contributed by atoms with van der Waals surface area (Å²) in [6, 6.07) is 14.3. The minimum atomic E-state index is -0.913. The van der Waals surface area contributed by atoms with E-state index in [1.165, 1.54) is 0 Å². The van der Waals surface area contributed by atoms with Gasteiger partial charge in [-0.3, -0.25) is 0 Å². The molecule has 0 saturated heterocycles. The molecule has 20 heavy (non-hydrogen) atoms. The predicted molar refractivity (Wildman–Crippen MR) is 82.3 cm³/mol. The molecule has 0 atom stereocenters. The molecule has 0 spiro atoms. The number of hydrogen-bond donors (Lipinski definition) is 2. The van der Waals surface area contributed by atoms with Crippen molar-refractivity contribution in [3.8, 4) is 0 Å². The zero-order valence-corrected chi connectivity index (χ0v) is 10.9. The Morgan fingerprint density at radius 1 is 0.850 bits per heavy atom. The number of carboxylic acid groups (broad SMARTS) is 1. The van der Waals surface area contributed by atoms with Gasteiger partial charge in [-0.15, -0.1) is 0 Å². The van der Waals surface area contributed by atoms with Crippen LogP contribution in [0.4, 0.5) is 5.69 Å². The van der Waals surface area contributed by atoms with Crippen molar-refractivity contribution in [2.24, 2.45) is 0 Å². The van der Waals surface area contributed by atoms with Crippen LogP contribution in [0.1, 0.15) is 21.5 Å². The van der Waals surface area contributed by atoms with Crippen LogP contribution in [0.2, 0.25) is 0 Å². The summed E-state index contributed by atoms with van der Waals surface area (Å²) >= 11 is 0. The summed E-state index contributed by atoms with van der Waals surface area (Å²) in [6.07, 6.45) is 7.73. The first-order valence-electron chi connectivity index (χ1n) is 6.19. The molecule has 0 aliphatic heterocycles. The number of benzene rings is 2. The van der Waals surface area contributed by atoms with Crippen LogP contribution in [0.3, 0.4) is 0 Å². The fourth-order valence-corrected chi connectivity index (χ4v) is 1.68. The number of carbonyl (C=O) groups is 1. The van der Waals surface area contributed by atoms with Gasteiger partial charge in [-0.2, -0.15) is 0 Å². The Balaban J connectivity index is 1.99. The van der Waals surface area contributed by atoms with Gasteiger partial charge in [0.15, 0.2) is 0 Å². The highest BCUT2D eigenvalue weighted by atomic mass is 16.4. The molecule has 0 unspecified atom stereocenters. The van der Waals surface area contributed by atoms with E-state index in [2.05, 4.69) is 0 Å². The molecule has 0 saturated carbocycles. The fourth-order valence-electron chi connectivity index (χ4n) is 1.68. The van der Waals surface area contributed by atoms with E-state index in [1.807, 2.05) is 48.6 Å². The maximum absolute atomic E-state index is 10.7. The van der Waals surface area contributed by atoms with Crippen molar-refractivity contribution >= 4 is 23.8 Å². The summed E-state index contributed by atoms with van der Waals surface area (Å²) in [5.41, 5.74) is 8.68. The summed E-state index contributed by atoms with van der Waals surface area (Å²) < 4.78 is 0. The zero-order valence-electron chi connectivity index (χ0n) is 10.9. The van der Waals surface area contributed by atoms with Crippen LogP contribution in [0.25, 0.3) is 12.2 Å². The monoisotopic (exact) mass is 265 g/mol. The van der Waals surface area contributed by atoms with Gasteiger partial charge in [-0.05, 0) is 35.4 Å². The van der Waals surface area contributed by atoms with Crippen LogP contribution in [0.5, 0.6) is 0 Å². The quantitative estimate of drug-likeness (QED) is 0.654.